The van der Waals surface area contributed by atoms with Gasteiger partial charge in [-0.2, -0.15) is 0 Å². The van der Waals surface area contributed by atoms with E-state index in [1.807, 2.05) is 6.08 Å². The summed E-state index contributed by atoms with van der Waals surface area (Å²) in [4.78, 5) is 25.2. The van der Waals surface area contributed by atoms with Crippen molar-refractivity contribution in [3.05, 3.63) is 60.8 Å². The topological polar surface area (TPSA) is 175 Å². The van der Waals surface area contributed by atoms with Gasteiger partial charge in [0.05, 0.1) is 32.0 Å². The van der Waals surface area contributed by atoms with Gasteiger partial charge in [0.15, 0.2) is 6.29 Å². The fourth-order valence-corrected chi connectivity index (χ4v) is 12.7. The summed E-state index contributed by atoms with van der Waals surface area (Å²) in [5.41, 5.74) is 0. The van der Waals surface area contributed by atoms with Crippen molar-refractivity contribution in [3.63, 3.8) is 0 Å². The maximum Gasteiger partial charge on any atom is 0.305 e. The Kier molecular flexibility index (Phi) is 68.1. The SMILES string of the molecule is CCC/C=C/CC/C=C/CC/C=C/C(O)C(COC1OC(CO)C(O)C(O)C1O)NC(=O)CCCCCCCCCCCCCCCCCCC/C=C\C/C=C\CCCCCCCCCCCCCCCCCOC(=O)CCCCCCCCCCCCCCCCCC. The van der Waals surface area contributed by atoms with Gasteiger partial charge in [0.2, 0.25) is 5.91 Å². The van der Waals surface area contributed by atoms with Crippen molar-refractivity contribution in [3.8, 4) is 0 Å². The molecule has 0 radical (unpaired) electrons. The van der Waals surface area contributed by atoms with Crippen molar-refractivity contribution < 1.29 is 49.3 Å². The molecule has 1 aliphatic heterocycles. The molecule has 94 heavy (non-hydrogen) atoms. The average Bonchev–Trinajstić information content (AvgIpc) is 1.04. The van der Waals surface area contributed by atoms with Crippen LogP contribution in [-0.4, -0.2) is 100 Å². The second kappa shape index (κ2) is 71.6. The molecule has 1 fully saturated rings. The molecule has 1 heterocycles. The van der Waals surface area contributed by atoms with Crippen molar-refractivity contribution in [2.45, 2.75) is 436 Å². The lowest BCUT2D eigenvalue weighted by atomic mass is 9.99. The van der Waals surface area contributed by atoms with E-state index in [4.69, 9.17) is 14.2 Å². The van der Waals surface area contributed by atoms with Gasteiger partial charge in [-0.25, -0.2) is 0 Å². The van der Waals surface area contributed by atoms with E-state index in [1.54, 1.807) is 6.08 Å². The molecule has 7 unspecified atom stereocenters. The first-order valence-electron chi connectivity index (χ1n) is 40.6. The maximum atomic E-state index is 13.0. The number of nitrogens with one attached hydrogen (secondary N) is 1. The molecule has 7 atom stereocenters. The van der Waals surface area contributed by atoms with Crippen LogP contribution in [0.1, 0.15) is 393 Å². The molecule has 550 valence electrons. The van der Waals surface area contributed by atoms with Gasteiger partial charge in [0.25, 0.3) is 0 Å². The molecule has 6 N–H and O–H groups in total. The highest BCUT2D eigenvalue weighted by Crippen LogP contribution is 2.24. The Hall–Kier alpha value is -2.64. The summed E-state index contributed by atoms with van der Waals surface area (Å²) in [7, 11) is 0. The molecule has 1 amide bonds. The molecule has 1 saturated heterocycles. The van der Waals surface area contributed by atoms with Crippen molar-refractivity contribution in [1.82, 2.24) is 5.32 Å². The van der Waals surface area contributed by atoms with E-state index in [1.165, 1.54) is 289 Å². The van der Waals surface area contributed by atoms with Crippen molar-refractivity contribution in [2.24, 2.45) is 0 Å². The number of amides is 1. The highest BCUT2D eigenvalue weighted by molar-refractivity contribution is 5.76. The smallest absolute Gasteiger partial charge is 0.305 e. The molecular formula is C83H153NO10. The Morgan fingerprint density at radius 3 is 1.15 bits per heavy atom. The lowest BCUT2D eigenvalue weighted by Crippen LogP contribution is -2.60. The number of aliphatic hydroxyl groups excluding tert-OH is 5. The highest BCUT2D eigenvalue weighted by Gasteiger charge is 2.44. The summed E-state index contributed by atoms with van der Waals surface area (Å²) >= 11 is 0. The number of allylic oxidation sites excluding steroid dienone is 9. The van der Waals surface area contributed by atoms with Gasteiger partial charge in [0, 0.05) is 12.8 Å². The number of hydrogen-bond acceptors (Lipinski definition) is 10. The zero-order valence-electron chi connectivity index (χ0n) is 61.4. The first kappa shape index (κ1) is 89.4. The number of aliphatic hydroxyl groups is 5. The zero-order chi connectivity index (χ0) is 67.9. The van der Waals surface area contributed by atoms with Crippen LogP contribution in [0, 0.1) is 0 Å². The Balaban J connectivity index is 1.88. The van der Waals surface area contributed by atoms with Gasteiger partial charge < -0.3 is 45.1 Å². The number of hydrogen-bond donors (Lipinski definition) is 6. The monoisotopic (exact) mass is 1320 g/mol. The van der Waals surface area contributed by atoms with Gasteiger partial charge >= 0.3 is 5.97 Å². The van der Waals surface area contributed by atoms with Crippen LogP contribution in [0.5, 0.6) is 0 Å². The second-order valence-corrected chi connectivity index (χ2v) is 28.1. The van der Waals surface area contributed by atoms with E-state index in [9.17, 15) is 35.1 Å². The summed E-state index contributed by atoms with van der Waals surface area (Å²) in [6, 6.07) is -0.833. The normalized spacial score (nSPS) is 17.7. The first-order valence-corrected chi connectivity index (χ1v) is 40.6. The number of rotatable bonds is 72. The number of carbonyl (C=O) groups is 2. The van der Waals surface area contributed by atoms with E-state index < -0.39 is 49.5 Å². The lowest BCUT2D eigenvalue weighted by molar-refractivity contribution is -0.302. The van der Waals surface area contributed by atoms with Crippen molar-refractivity contribution in [2.75, 3.05) is 19.8 Å². The Bertz CT molecular complexity index is 1750. The Morgan fingerprint density at radius 2 is 0.745 bits per heavy atom. The maximum absolute atomic E-state index is 13.0. The standard InChI is InChI=1S/C83H153NO10/c1-3-5-7-9-11-13-15-16-17-44-47-51-55-59-63-67-71-79(88)92-72-68-64-60-56-52-48-45-42-40-38-36-34-32-30-28-26-24-22-20-18-19-21-23-25-27-29-31-33-35-37-39-41-43-46-50-54-58-62-66-70-78(87)84-75(74-93-83-82(91)81(90)80(89)77(73-85)94-83)76(86)69-65-61-57-53-49-14-12-10-8-6-4-2/h8,10,18-19,22,24,49,53,65,69,75-77,80-83,85-86,89-91H,3-7,9,11-17,20-21,23,25-48,50-52,54-64,66-68,70-74H2,1-2H3,(H,84,87)/b10-8+,19-18-,24-22-,53-49+,69-65+. The van der Waals surface area contributed by atoms with Gasteiger partial charge in [-0.1, -0.05) is 357 Å². The molecule has 0 aromatic heterocycles. The van der Waals surface area contributed by atoms with E-state index in [-0.39, 0.29) is 18.5 Å². The molecule has 1 rings (SSSR count). The van der Waals surface area contributed by atoms with Crippen LogP contribution >= 0.6 is 0 Å². The molecule has 0 bridgehead atoms. The van der Waals surface area contributed by atoms with Crippen LogP contribution in [0.25, 0.3) is 0 Å². The first-order chi connectivity index (χ1) is 46.2. The van der Waals surface area contributed by atoms with Crippen LogP contribution in [0.4, 0.5) is 0 Å². The Labute approximate surface area is 579 Å². The third-order valence-corrected chi connectivity index (χ3v) is 19.1. The summed E-state index contributed by atoms with van der Waals surface area (Å²) in [6.07, 6.45) is 87.1. The predicted octanol–water partition coefficient (Wildman–Crippen LogP) is 22.0. The van der Waals surface area contributed by atoms with Gasteiger partial charge in [-0.3, -0.25) is 9.59 Å². The minimum Gasteiger partial charge on any atom is -0.466 e. The molecule has 11 heteroatoms. The number of carbonyl (C=O) groups excluding carboxylic acids is 2. The predicted molar refractivity (Wildman–Crippen MR) is 398 cm³/mol. The van der Waals surface area contributed by atoms with E-state index in [2.05, 4.69) is 67.8 Å². The van der Waals surface area contributed by atoms with Crippen LogP contribution in [0.2, 0.25) is 0 Å². The average molecular weight is 1330 g/mol. The minimum atomic E-state index is -1.58. The fraction of sp³-hybridized carbons (Fsp3) is 0.855. The third kappa shape index (κ3) is 59.4. The molecule has 0 spiro atoms. The number of esters is 1. The van der Waals surface area contributed by atoms with E-state index >= 15 is 0 Å². The molecule has 0 saturated carbocycles. The third-order valence-electron chi connectivity index (χ3n) is 19.1. The molecule has 0 aromatic carbocycles. The van der Waals surface area contributed by atoms with Gasteiger partial charge in [-0.05, 0) is 83.5 Å². The second-order valence-electron chi connectivity index (χ2n) is 28.1. The fourth-order valence-electron chi connectivity index (χ4n) is 12.7. The van der Waals surface area contributed by atoms with Crippen LogP contribution < -0.4 is 5.32 Å². The molecule has 0 aliphatic carbocycles. The zero-order valence-corrected chi connectivity index (χ0v) is 61.4. The summed E-state index contributed by atoms with van der Waals surface area (Å²) < 4.78 is 16.7. The van der Waals surface area contributed by atoms with Crippen LogP contribution in [0.15, 0.2) is 60.8 Å². The highest BCUT2D eigenvalue weighted by atomic mass is 16.7. The van der Waals surface area contributed by atoms with E-state index in [0.29, 0.717) is 19.4 Å². The summed E-state index contributed by atoms with van der Waals surface area (Å²) in [5.74, 6) is -0.176. The van der Waals surface area contributed by atoms with Crippen molar-refractivity contribution >= 4 is 11.9 Å². The Morgan fingerprint density at radius 1 is 0.394 bits per heavy atom. The lowest BCUT2D eigenvalue weighted by Gasteiger charge is -2.40. The minimum absolute atomic E-state index is 0.0182. The summed E-state index contributed by atoms with van der Waals surface area (Å²) in [5, 5.41) is 54.4. The van der Waals surface area contributed by atoms with Gasteiger partial charge in [-0.15, -0.1) is 0 Å². The number of ether oxygens (including phenoxy) is 3. The van der Waals surface area contributed by atoms with Gasteiger partial charge in [0.1, 0.15) is 24.4 Å². The summed E-state index contributed by atoms with van der Waals surface area (Å²) in [6.45, 7) is 4.30. The molecular weight excluding hydrogens is 1170 g/mol. The molecule has 1 aliphatic rings. The van der Waals surface area contributed by atoms with Crippen LogP contribution in [0.3, 0.4) is 0 Å². The number of unbranched alkanes of at least 4 members (excludes halogenated alkanes) is 50. The molecule has 11 nitrogen and oxygen atoms in total. The van der Waals surface area contributed by atoms with Crippen LogP contribution in [-0.2, 0) is 23.8 Å². The molecule has 0 aromatic rings. The quantitative estimate of drug-likeness (QED) is 0.0195. The largest absolute Gasteiger partial charge is 0.466 e. The van der Waals surface area contributed by atoms with E-state index in [0.717, 1.165) is 77.0 Å². The van der Waals surface area contributed by atoms with Crippen molar-refractivity contribution in [1.29, 1.82) is 0 Å².